The van der Waals surface area contributed by atoms with Gasteiger partial charge in [0.05, 0.1) is 18.7 Å². The summed E-state index contributed by atoms with van der Waals surface area (Å²) >= 11 is 1.47. The van der Waals surface area contributed by atoms with Gasteiger partial charge in [-0.1, -0.05) is 29.8 Å². The molecule has 0 saturated carbocycles. The van der Waals surface area contributed by atoms with Crippen LogP contribution in [0.25, 0.3) is 10.6 Å². The van der Waals surface area contributed by atoms with Gasteiger partial charge in [-0.2, -0.15) is 0 Å². The maximum Gasteiger partial charge on any atom is 0.311 e. The summed E-state index contributed by atoms with van der Waals surface area (Å²) in [6.07, 6.45) is 4.65. The molecule has 150 valence electrons. The third-order valence-corrected chi connectivity index (χ3v) is 5.17. The molecule has 0 bridgehead atoms. The van der Waals surface area contributed by atoms with E-state index in [0.29, 0.717) is 25.1 Å². The Morgan fingerprint density at radius 3 is 2.76 bits per heavy atom. The molecular formula is C22H23N3O3S. The number of aromatic nitrogens is 2. The van der Waals surface area contributed by atoms with Crippen molar-refractivity contribution in [2.24, 2.45) is 0 Å². The van der Waals surface area contributed by atoms with E-state index in [4.69, 9.17) is 4.74 Å². The highest BCUT2D eigenvalue weighted by atomic mass is 32.1. The Labute approximate surface area is 174 Å². The second-order valence-electron chi connectivity index (χ2n) is 6.62. The quantitative estimate of drug-likeness (QED) is 0.433. The third-order valence-electron chi connectivity index (χ3n) is 4.23. The number of carbonyl (C=O) groups is 2. The molecule has 0 radical (unpaired) electrons. The van der Waals surface area contributed by atoms with Crippen LogP contribution in [0.5, 0.6) is 0 Å². The molecule has 0 saturated heterocycles. The second-order valence-corrected chi connectivity index (χ2v) is 7.48. The van der Waals surface area contributed by atoms with Crippen LogP contribution in [0.3, 0.4) is 0 Å². The summed E-state index contributed by atoms with van der Waals surface area (Å²) in [6.45, 7) is 2.48. The zero-order valence-corrected chi connectivity index (χ0v) is 17.1. The molecule has 29 heavy (non-hydrogen) atoms. The number of carbonyl (C=O) groups excluding carboxylic acids is 2. The minimum Gasteiger partial charge on any atom is -0.464 e. The van der Waals surface area contributed by atoms with E-state index in [0.717, 1.165) is 16.1 Å². The standard InChI is InChI=1S/C22H23N3O3S/c1-16-4-6-17(7-5-16)8-9-20(26)24-11-12-28-21(27)13-19-15-29-22(25-19)18-3-2-10-23-14-18/h2-7,10,14-15H,8-9,11-13H2,1H3,(H,24,26). The summed E-state index contributed by atoms with van der Waals surface area (Å²) in [6, 6.07) is 11.9. The van der Waals surface area contributed by atoms with Gasteiger partial charge in [-0.05, 0) is 31.0 Å². The van der Waals surface area contributed by atoms with E-state index < -0.39 is 0 Å². The van der Waals surface area contributed by atoms with Gasteiger partial charge in [-0.15, -0.1) is 11.3 Å². The van der Waals surface area contributed by atoms with Crippen LogP contribution in [-0.2, 0) is 27.2 Å². The monoisotopic (exact) mass is 409 g/mol. The fraction of sp³-hybridized carbons (Fsp3) is 0.273. The Morgan fingerprint density at radius 1 is 1.17 bits per heavy atom. The Kier molecular flexibility index (Phi) is 7.47. The number of amides is 1. The van der Waals surface area contributed by atoms with E-state index >= 15 is 0 Å². The molecule has 6 nitrogen and oxygen atoms in total. The van der Waals surface area contributed by atoms with Gasteiger partial charge in [-0.25, -0.2) is 4.98 Å². The van der Waals surface area contributed by atoms with Gasteiger partial charge >= 0.3 is 5.97 Å². The van der Waals surface area contributed by atoms with Gasteiger partial charge in [0.1, 0.15) is 11.6 Å². The van der Waals surface area contributed by atoms with Crippen LogP contribution in [0.15, 0.2) is 54.2 Å². The molecule has 0 aliphatic carbocycles. The van der Waals surface area contributed by atoms with Crippen molar-refractivity contribution in [3.05, 3.63) is 71.0 Å². The number of thiazole rings is 1. The van der Waals surface area contributed by atoms with E-state index in [2.05, 4.69) is 15.3 Å². The first-order valence-electron chi connectivity index (χ1n) is 9.43. The molecule has 3 aromatic rings. The third kappa shape index (κ3) is 6.80. The second kappa shape index (κ2) is 10.5. The highest BCUT2D eigenvalue weighted by Gasteiger charge is 2.10. The van der Waals surface area contributed by atoms with Crippen molar-refractivity contribution in [1.82, 2.24) is 15.3 Å². The molecular weight excluding hydrogens is 386 g/mol. The summed E-state index contributed by atoms with van der Waals surface area (Å²) in [4.78, 5) is 32.4. The van der Waals surface area contributed by atoms with E-state index in [1.54, 1.807) is 12.4 Å². The topological polar surface area (TPSA) is 81.2 Å². The minimum absolute atomic E-state index is 0.0535. The smallest absolute Gasteiger partial charge is 0.311 e. The van der Waals surface area contributed by atoms with Crippen LogP contribution >= 0.6 is 11.3 Å². The van der Waals surface area contributed by atoms with Gasteiger partial charge in [0.15, 0.2) is 0 Å². The lowest BCUT2D eigenvalue weighted by atomic mass is 10.1. The van der Waals surface area contributed by atoms with E-state index in [-0.39, 0.29) is 24.9 Å². The van der Waals surface area contributed by atoms with Crippen LogP contribution < -0.4 is 5.32 Å². The van der Waals surface area contributed by atoms with Crippen LogP contribution in [0.2, 0.25) is 0 Å². The lowest BCUT2D eigenvalue weighted by molar-refractivity contribution is -0.143. The molecule has 1 N–H and O–H groups in total. The van der Waals surface area contributed by atoms with Gasteiger partial charge in [-0.3, -0.25) is 14.6 Å². The van der Waals surface area contributed by atoms with Crippen LogP contribution in [0, 0.1) is 6.92 Å². The predicted octanol–water partition coefficient (Wildman–Crippen LogP) is 3.35. The van der Waals surface area contributed by atoms with Gasteiger partial charge in [0, 0.05) is 29.8 Å². The average Bonchev–Trinajstić information content (AvgIpc) is 3.20. The summed E-state index contributed by atoms with van der Waals surface area (Å²) in [5, 5.41) is 5.44. The van der Waals surface area contributed by atoms with Crippen molar-refractivity contribution < 1.29 is 14.3 Å². The van der Waals surface area contributed by atoms with Crippen LogP contribution in [0.1, 0.15) is 23.2 Å². The summed E-state index contributed by atoms with van der Waals surface area (Å²) < 4.78 is 5.19. The molecule has 2 heterocycles. The molecule has 0 atom stereocenters. The SMILES string of the molecule is Cc1ccc(CCC(=O)NCCOC(=O)Cc2csc(-c3cccnc3)n2)cc1. The lowest BCUT2D eigenvalue weighted by Gasteiger charge is -2.07. The predicted molar refractivity (Wildman–Crippen MR) is 113 cm³/mol. The number of aryl methyl sites for hydroxylation is 2. The van der Waals surface area contributed by atoms with Gasteiger partial charge < -0.3 is 10.1 Å². The molecule has 2 aromatic heterocycles. The number of hydrogen-bond acceptors (Lipinski definition) is 6. The van der Waals surface area contributed by atoms with E-state index in [1.807, 2.05) is 48.7 Å². The zero-order valence-electron chi connectivity index (χ0n) is 16.3. The van der Waals surface area contributed by atoms with Crippen molar-refractivity contribution in [1.29, 1.82) is 0 Å². The highest BCUT2D eigenvalue weighted by molar-refractivity contribution is 7.13. The Morgan fingerprint density at radius 2 is 2.00 bits per heavy atom. The van der Waals surface area contributed by atoms with Crippen molar-refractivity contribution in [3.8, 4) is 10.6 Å². The maximum atomic E-state index is 12.0. The summed E-state index contributed by atoms with van der Waals surface area (Å²) in [7, 11) is 0. The fourth-order valence-corrected chi connectivity index (χ4v) is 3.48. The molecule has 0 unspecified atom stereocenters. The van der Waals surface area contributed by atoms with Crippen molar-refractivity contribution >= 4 is 23.2 Å². The van der Waals surface area contributed by atoms with E-state index in [9.17, 15) is 9.59 Å². The first-order chi connectivity index (χ1) is 14.1. The van der Waals surface area contributed by atoms with Crippen LogP contribution in [0.4, 0.5) is 0 Å². The molecule has 3 rings (SSSR count). The largest absolute Gasteiger partial charge is 0.464 e. The summed E-state index contributed by atoms with van der Waals surface area (Å²) in [5.74, 6) is -0.413. The first kappa shape index (κ1) is 20.7. The fourth-order valence-electron chi connectivity index (χ4n) is 2.67. The number of nitrogens with zero attached hydrogens (tertiary/aromatic N) is 2. The molecule has 0 spiro atoms. The molecule has 0 fully saturated rings. The number of nitrogens with one attached hydrogen (secondary N) is 1. The highest BCUT2D eigenvalue weighted by Crippen LogP contribution is 2.22. The number of rotatable bonds is 9. The molecule has 7 heteroatoms. The average molecular weight is 410 g/mol. The Bertz CT molecular complexity index is 939. The van der Waals surface area contributed by atoms with Gasteiger partial charge in [0.2, 0.25) is 5.91 Å². The van der Waals surface area contributed by atoms with Crippen molar-refractivity contribution in [3.63, 3.8) is 0 Å². The number of esters is 1. The molecule has 1 amide bonds. The minimum atomic E-state index is -0.359. The van der Waals surface area contributed by atoms with Gasteiger partial charge in [0.25, 0.3) is 0 Å². The van der Waals surface area contributed by atoms with E-state index in [1.165, 1.54) is 16.9 Å². The number of pyridine rings is 1. The number of ether oxygens (including phenoxy) is 1. The zero-order chi connectivity index (χ0) is 20.5. The normalized spacial score (nSPS) is 10.5. The lowest BCUT2D eigenvalue weighted by Crippen LogP contribution is -2.28. The van der Waals surface area contributed by atoms with Crippen molar-refractivity contribution in [2.75, 3.05) is 13.2 Å². The maximum absolute atomic E-state index is 12.0. The molecule has 0 aliphatic rings. The number of hydrogen-bond donors (Lipinski definition) is 1. The molecule has 0 aliphatic heterocycles. The Hall–Kier alpha value is -3.06. The molecule has 1 aromatic carbocycles. The first-order valence-corrected chi connectivity index (χ1v) is 10.3. The summed E-state index contributed by atoms with van der Waals surface area (Å²) in [5.41, 5.74) is 3.92. The number of benzene rings is 1. The van der Waals surface area contributed by atoms with Crippen molar-refractivity contribution in [2.45, 2.75) is 26.2 Å². The Balaban J connectivity index is 1.32. The van der Waals surface area contributed by atoms with Crippen LogP contribution in [-0.4, -0.2) is 35.0 Å².